The second-order valence-corrected chi connectivity index (χ2v) is 9.13. The Kier molecular flexibility index (Phi) is 6.35. The summed E-state index contributed by atoms with van der Waals surface area (Å²) in [7, 11) is 0. The minimum Gasteiger partial charge on any atom is -0.367 e. The number of halogens is 1. The van der Waals surface area contributed by atoms with E-state index < -0.39 is 0 Å². The van der Waals surface area contributed by atoms with Gasteiger partial charge in [0.05, 0.1) is 17.3 Å². The van der Waals surface area contributed by atoms with Crippen LogP contribution in [0, 0.1) is 17.1 Å². The molecular formula is C23H27FN4OS. The van der Waals surface area contributed by atoms with Crippen LogP contribution in [0.1, 0.15) is 42.2 Å². The van der Waals surface area contributed by atoms with E-state index in [0.717, 1.165) is 31.2 Å². The number of amides is 1. The van der Waals surface area contributed by atoms with Crippen LogP contribution in [-0.4, -0.2) is 43.0 Å². The Bertz CT molecular complexity index is 959. The lowest BCUT2D eigenvalue weighted by Crippen LogP contribution is -2.53. The third-order valence-corrected chi connectivity index (χ3v) is 7.41. The van der Waals surface area contributed by atoms with Gasteiger partial charge in [-0.05, 0) is 50.3 Å². The third-order valence-electron chi connectivity index (χ3n) is 6.20. The van der Waals surface area contributed by atoms with Crippen molar-refractivity contribution in [2.45, 2.75) is 45.1 Å². The van der Waals surface area contributed by atoms with Crippen LogP contribution in [0.3, 0.4) is 0 Å². The molecule has 2 aliphatic rings. The number of thiophene rings is 1. The number of anilines is 2. The molecule has 0 bridgehead atoms. The SMILES string of the molecule is CC(C(=O)Nc1sc2c(c1C#N)CCCCC2)N1CCN(c2ccccc2F)CC1. The van der Waals surface area contributed by atoms with Gasteiger partial charge in [0.25, 0.3) is 0 Å². The highest BCUT2D eigenvalue weighted by atomic mass is 32.1. The van der Waals surface area contributed by atoms with Gasteiger partial charge in [-0.2, -0.15) is 5.26 Å². The minimum absolute atomic E-state index is 0.0812. The van der Waals surface area contributed by atoms with Crippen LogP contribution in [0.4, 0.5) is 15.1 Å². The maximum Gasteiger partial charge on any atom is 0.242 e. The second-order valence-electron chi connectivity index (χ2n) is 8.02. The van der Waals surface area contributed by atoms with E-state index in [2.05, 4.69) is 16.3 Å². The van der Waals surface area contributed by atoms with Crippen LogP contribution in [0.2, 0.25) is 0 Å². The van der Waals surface area contributed by atoms with E-state index >= 15 is 0 Å². The normalized spacial score (nSPS) is 18.2. The predicted molar refractivity (Wildman–Crippen MR) is 119 cm³/mol. The summed E-state index contributed by atoms with van der Waals surface area (Å²) < 4.78 is 14.1. The van der Waals surface area contributed by atoms with Crippen molar-refractivity contribution in [3.63, 3.8) is 0 Å². The monoisotopic (exact) mass is 426 g/mol. The fourth-order valence-corrected chi connectivity index (χ4v) is 5.63. The molecule has 4 rings (SSSR count). The van der Waals surface area contributed by atoms with E-state index in [4.69, 9.17) is 0 Å². The van der Waals surface area contributed by atoms with Crippen molar-refractivity contribution >= 4 is 27.9 Å². The Labute approximate surface area is 181 Å². The largest absolute Gasteiger partial charge is 0.367 e. The second kappa shape index (κ2) is 9.15. The Morgan fingerprint density at radius 2 is 1.90 bits per heavy atom. The third kappa shape index (κ3) is 4.21. The highest BCUT2D eigenvalue weighted by Crippen LogP contribution is 2.37. The van der Waals surface area contributed by atoms with Gasteiger partial charge in [-0.25, -0.2) is 4.39 Å². The molecule has 0 spiro atoms. The first-order chi connectivity index (χ1) is 14.6. The van der Waals surface area contributed by atoms with Crippen LogP contribution in [-0.2, 0) is 17.6 Å². The van der Waals surface area contributed by atoms with Crippen LogP contribution < -0.4 is 10.2 Å². The minimum atomic E-state index is -0.304. The molecule has 1 saturated heterocycles. The number of benzene rings is 1. The molecule has 1 amide bonds. The van der Waals surface area contributed by atoms with Gasteiger partial charge in [0.2, 0.25) is 5.91 Å². The van der Waals surface area contributed by atoms with Crippen molar-refractivity contribution in [3.8, 4) is 6.07 Å². The van der Waals surface area contributed by atoms with Crippen molar-refractivity contribution in [3.05, 3.63) is 46.1 Å². The Morgan fingerprint density at radius 3 is 2.63 bits per heavy atom. The van der Waals surface area contributed by atoms with Crippen molar-refractivity contribution in [2.75, 3.05) is 36.4 Å². The number of hydrogen-bond acceptors (Lipinski definition) is 5. The number of para-hydroxylation sites is 1. The summed E-state index contributed by atoms with van der Waals surface area (Å²) in [6.45, 7) is 4.63. The van der Waals surface area contributed by atoms with Crippen molar-refractivity contribution in [1.82, 2.24) is 4.90 Å². The molecule has 7 heteroatoms. The first-order valence-corrected chi connectivity index (χ1v) is 11.5. The van der Waals surface area contributed by atoms with Gasteiger partial charge >= 0.3 is 0 Å². The Balaban J connectivity index is 1.39. The van der Waals surface area contributed by atoms with Crippen molar-refractivity contribution < 1.29 is 9.18 Å². The van der Waals surface area contributed by atoms with Gasteiger partial charge in [-0.15, -0.1) is 11.3 Å². The van der Waals surface area contributed by atoms with E-state index in [1.165, 1.54) is 17.4 Å². The molecule has 1 fully saturated rings. The summed E-state index contributed by atoms with van der Waals surface area (Å²) in [6.07, 6.45) is 5.38. The number of piperazine rings is 1. The summed E-state index contributed by atoms with van der Waals surface area (Å²) in [4.78, 5) is 18.3. The number of carbonyl (C=O) groups is 1. The molecule has 1 aliphatic carbocycles. The number of nitriles is 1. The smallest absolute Gasteiger partial charge is 0.242 e. The van der Waals surface area contributed by atoms with E-state index in [0.29, 0.717) is 42.4 Å². The fraction of sp³-hybridized carbons (Fsp3) is 0.478. The maximum atomic E-state index is 14.1. The molecule has 1 aromatic heterocycles. The number of aryl methyl sites for hydroxylation is 1. The first kappa shape index (κ1) is 20.8. The zero-order valence-electron chi connectivity index (χ0n) is 17.3. The average Bonchev–Trinajstić information content (AvgIpc) is 2.92. The highest BCUT2D eigenvalue weighted by molar-refractivity contribution is 7.16. The molecule has 158 valence electrons. The fourth-order valence-electron chi connectivity index (χ4n) is 4.39. The molecule has 0 saturated carbocycles. The molecule has 0 radical (unpaired) electrons. The van der Waals surface area contributed by atoms with Gasteiger partial charge < -0.3 is 10.2 Å². The van der Waals surface area contributed by atoms with Crippen LogP contribution in [0.15, 0.2) is 24.3 Å². The predicted octanol–water partition coefficient (Wildman–Crippen LogP) is 4.18. The number of carbonyl (C=O) groups excluding carboxylic acids is 1. The quantitative estimate of drug-likeness (QED) is 0.746. The zero-order valence-corrected chi connectivity index (χ0v) is 18.1. The summed E-state index contributed by atoms with van der Waals surface area (Å²) in [6, 6.07) is 8.84. The van der Waals surface area contributed by atoms with E-state index in [-0.39, 0.29) is 17.8 Å². The van der Waals surface area contributed by atoms with Gasteiger partial charge in [-0.1, -0.05) is 18.6 Å². The molecule has 1 aromatic carbocycles. The number of rotatable bonds is 4. The lowest BCUT2D eigenvalue weighted by atomic mass is 10.1. The van der Waals surface area contributed by atoms with E-state index in [1.807, 2.05) is 17.9 Å². The molecule has 30 heavy (non-hydrogen) atoms. The number of nitrogens with one attached hydrogen (secondary N) is 1. The molecule has 5 nitrogen and oxygen atoms in total. The molecular weight excluding hydrogens is 399 g/mol. The molecule has 2 heterocycles. The molecule has 1 aliphatic heterocycles. The topological polar surface area (TPSA) is 59.4 Å². The highest BCUT2D eigenvalue weighted by Gasteiger charge is 2.28. The van der Waals surface area contributed by atoms with E-state index in [9.17, 15) is 14.4 Å². The maximum absolute atomic E-state index is 14.1. The van der Waals surface area contributed by atoms with Gasteiger partial charge in [0, 0.05) is 31.1 Å². The summed E-state index contributed by atoms with van der Waals surface area (Å²) >= 11 is 1.57. The lowest BCUT2D eigenvalue weighted by molar-refractivity contribution is -0.120. The van der Waals surface area contributed by atoms with E-state index in [1.54, 1.807) is 23.5 Å². The molecule has 1 N–H and O–H groups in total. The van der Waals surface area contributed by atoms with Gasteiger partial charge in [-0.3, -0.25) is 9.69 Å². The summed E-state index contributed by atoms with van der Waals surface area (Å²) in [5.74, 6) is -0.291. The van der Waals surface area contributed by atoms with Gasteiger partial charge in [0.15, 0.2) is 0 Å². The Morgan fingerprint density at radius 1 is 1.17 bits per heavy atom. The number of hydrogen-bond donors (Lipinski definition) is 1. The summed E-state index contributed by atoms with van der Waals surface area (Å²) in [5.41, 5.74) is 2.41. The molecule has 1 unspecified atom stereocenters. The number of nitrogens with zero attached hydrogens (tertiary/aromatic N) is 3. The lowest BCUT2D eigenvalue weighted by Gasteiger charge is -2.38. The van der Waals surface area contributed by atoms with Crippen LogP contribution in [0.25, 0.3) is 0 Å². The zero-order chi connectivity index (χ0) is 21.1. The van der Waals surface area contributed by atoms with Crippen molar-refractivity contribution in [2.24, 2.45) is 0 Å². The average molecular weight is 427 g/mol. The molecule has 2 aromatic rings. The van der Waals surface area contributed by atoms with Crippen LogP contribution >= 0.6 is 11.3 Å². The molecule has 1 atom stereocenters. The standard InChI is InChI=1S/C23H27FN4OS/c1-16(27-11-13-28(14-12-27)20-9-6-5-8-19(20)24)22(29)26-23-18(15-25)17-7-3-2-4-10-21(17)30-23/h5-6,8-9,16H,2-4,7,10-14H2,1H3,(H,26,29). The summed E-state index contributed by atoms with van der Waals surface area (Å²) in [5, 5.41) is 13.4. The number of fused-ring (bicyclic) bond motifs is 1. The van der Waals surface area contributed by atoms with Gasteiger partial charge in [0.1, 0.15) is 16.9 Å². The van der Waals surface area contributed by atoms with Crippen LogP contribution in [0.5, 0.6) is 0 Å². The van der Waals surface area contributed by atoms with Crippen molar-refractivity contribution in [1.29, 1.82) is 5.26 Å². The first-order valence-electron chi connectivity index (χ1n) is 10.7. The Hall–Kier alpha value is -2.43.